The lowest BCUT2D eigenvalue weighted by Crippen LogP contribution is -2.49. The van der Waals surface area contributed by atoms with Gasteiger partial charge in [-0.3, -0.25) is 4.90 Å². The zero-order chi connectivity index (χ0) is 18.5. The Bertz CT molecular complexity index is 827. The van der Waals surface area contributed by atoms with Crippen molar-refractivity contribution >= 4 is 26.7 Å². The van der Waals surface area contributed by atoms with Gasteiger partial charge < -0.3 is 15.2 Å². The van der Waals surface area contributed by atoms with Gasteiger partial charge in [0, 0.05) is 26.2 Å². The number of rotatable bonds is 7. The molecule has 4 rings (SSSR count). The molecule has 6 heteroatoms. The van der Waals surface area contributed by atoms with Crippen LogP contribution in [0.2, 0.25) is 0 Å². The highest BCUT2D eigenvalue weighted by Crippen LogP contribution is 2.28. The van der Waals surface area contributed by atoms with E-state index >= 15 is 0 Å². The first-order valence-corrected chi connectivity index (χ1v) is 10.2. The van der Waals surface area contributed by atoms with Crippen molar-refractivity contribution in [2.75, 3.05) is 38.1 Å². The number of ether oxygens (including phenoxy) is 1. The van der Waals surface area contributed by atoms with Crippen LogP contribution in [0.4, 0.5) is 5.13 Å². The van der Waals surface area contributed by atoms with Crippen molar-refractivity contribution < 1.29 is 9.84 Å². The molecule has 27 heavy (non-hydrogen) atoms. The van der Waals surface area contributed by atoms with Crippen LogP contribution in [0.15, 0.2) is 54.6 Å². The van der Waals surface area contributed by atoms with Crippen LogP contribution in [0.1, 0.15) is 12.8 Å². The number of anilines is 1. The standard InChI is InChI=1S/C21H25N3O2S/c25-21(16-22-20-23-18-8-4-5-9-19(18)27-20)10-12-24(13-11-21)14-15-26-17-6-2-1-3-7-17/h1-9,25H,10-16H2,(H,22,23). The molecular formula is C21H25N3O2S. The van der Waals surface area contributed by atoms with Crippen LogP contribution in [-0.2, 0) is 0 Å². The first-order valence-electron chi connectivity index (χ1n) is 9.42. The molecule has 2 N–H and O–H groups in total. The first-order chi connectivity index (χ1) is 13.2. The largest absolute Gasteiger partial charge is 0.492 e. The molecule has 0 atom stereocenters. The third-order valence-corrected chi connectivity index (χ3v) is 6.06. The van der Waals surface area contributed by atoms with Crippen molar-refractivity contribution in [3.05, 3.63) is 54.6 Å². The van der Waals surface area contributed by atoms with Crippen molar-refractivity contribution in [1.82, 2.24) is 9.88 Å². The summed E-state index contributed by atoms with van der Waals surface area (Å²) in [7, 11) is 0. The van der Waals surface area contributed by atoms with Gasteiger partial charge >= 0.3 is 0 Å². The summed E-state index contributed by atoms with van der Waals surface area (Å²) in [6.07, 6.45) is 1.52. The second-order valence-corrected chi connectivity index (χ2v) is 8.10. The first kappa shape index (κ1) is 18.2. The molecule has 0 radical (unpaired) electrons. The molecule has 142 valence electrons. The summed E-state index contributed by atoms with van der Waals surface area (Å²) in [5.74, 6) is 0.908. The maximum atomic E-state index is 10.9. The summed E-state index contributed by atoms with van der Waals surface area (Å²) in [6.45, 7) is 3.87. The van der Waals surface area contributed by atoms with Crippen molar-refractivity contribution in [2.45, 2.75) is 18.4 Å². The maximum Gasteiger partial charge on any atom is 0.183 e. The molecule has 0 saturated carbocycles. The topological polar surface area (TPSA) is 57.6 Å². The molecule has 1 aliphatic rings. The van der Waals surface area contributed by atoms with Crippen LogP contribution in [0.25, 0.3) is 10.2 Å². The Morgan fingerprint density at radius 3 is 2.59 bits per heavy atom. The van der Waals surface area contributed by atoms with Gasteiger partial charge in [0.25, 0.3) is 0 Å². The van der Waals surface area contributed by atoms with E-state index in [0.29, 0.717) is 13.2 Å². The van der Waals surface area contributed by atoms with Gasteiger partial charge in [-0.25, -0.2) is 4.98 Å². The van der Waals surface area contributed by atoms with Crippen LogP contribution in [0.5, 0.6) is 5.75 Å². The van der Waals surface area contributed by atoms with E-state index in [1.807, 2.05) is 48.5 Å². The van der Waals surface area contributed by atoms with Gasteiger partial charge in [0.05, 0.1) is 15.8 Å². The zero-order valence-electron chi connectivity index (χ0n) is 15.3. The summed E-state index contributed by atoms with van der Waals surface area (Å²) in [4.78, 5) is 6.94. The molecule has 2 aromatic carbocycles. The molecule has 0 spiro atoms. The fourth-order valence-corrected chi connectivity index (χ4v) is 4.23. The number of aliphatic hydroxyl groups is 1. The molecule has 1 aromatic heterocycles. The van der Waals surface area contributed by atoms with Crippen LogP contribution in [0.3, 0.4) is 0 Å². The number of likely N-dealkylation sites (tertiary alicyclic amines) is 1. The van der Waals surface area contributed by atoms with Gasteiger partial charge in [0.2, 0.25) is 0 Å². The Kier molecular flexibility index (Phi) is 5.57. The van der Waals surface area contributed by atoms with E-state index in [4.69, 9.17) is 4.74 Å². The summed E-state index contributed by atoms with van der Waals surface area (Å²) >= 11 is 1.63. The average molecular weight is 384 g/mol. The quantitative estimate of drug-likeness (QED) is 0.653. The number of fused-ring (bicyclic) bond motifs is 1. The Balaban J connectivity index is 1.21. The fraction of sp³-hybridized carbons (Fsp3) is 0.381. The number of hydrogen-bond acceptors (Lipinski definition) is 6. The minimum absolute atomic E-state index is 0.543. The average Bonchev–Trinajstić information content (AvgIpc) is 3.12. The van der Waals surface area contributed by atoms with Crippen LogP contribution in [-0.4, -0.2) is 53.4 Å². The van der Waals surface area contributed by atoms with Crippen molar-refractivity contribution in [1.29, 1.82) is 0 Å². The molecule has 1 saturated heterocycles. The lowest BCUT2D eigenvalue weighted by Gasteiger charge is -2.38. The third-order valence-electron chi connectivity index (χ3n) is 5.07. The van der Waals surface area contributed by atoms with Crippen molar-refractivity contribution in [2.24, 2.45) is 0 Å². The molecule has 2 heterocycles. The van der Waals surface area contributed by atoms with Gasteiger partial charge in [-0.2, -0.15) is 0 Å². The number of aromatic nitrogens is 1. The smallest absolute Gasteiger partial charge is 0.183 e. The summed E-state index contributed by atoms with van der Waals surface area (Å²) in [5.41, 5.74) is 0.333. The van der Waals surface area contributed by atoms with E-state index in [9.17, 15) is 5.11 Å². The Hall–Kier alpha value is -2.15. The minimum Gasteiger partial charge on any atom is -0.492 e. The van der Waals surface area contributed by atoms with Crippen LogP contribution >= 0.6 is 11.3 Å². The number of nitrogens with one attached hydrogen (secondary N) is 1. The molecule has 0 bridgehead atoms. The predicted molar refractivity (Wildman–Crippen MR) is 111 cm³/mol. The number of para-hydroxylation sites is 2. The van der Waals surface area contributed by atoms with Crippen LogP contribution < -0.4 is 10.1 Å². The van der Waals surface area contributed by atoms with Gasteiger partial charge in [0.15, 0.2) is 5.13 Å². The number of hydrogen-bond donors (Lipinski definition) is 2. The molecule has 3 aromatic rings. The molecule has 5 nitrogen and oxygen atoms in total. The second kappa shape index (κ2) is 8.25. The van der Waals surface area contributed by atoms with Gasteiger partial charge in [-0.1, -0.05) is 41.7 Å². The van der Waals surface area contributed by atoms with E-state index in [-0.39, 0.29) is 0 Å². The van der Waals surface area contributed by atoms with E-state index in [1.165, 1.54) is 4.70 Å². The minimum atomic E-state index is -0.672. The van der Waals surface area contributed by atoms with Gasteiger partial charge in [0.1, 0.15) is 12.4 Å². The highest BCUT2D eigenvalue weighted by Gasteiger charge is 2.32. The Morgan fingerprint density at radius 2 is 1.81 bits per heavy atom. The van der Waals surface area contributed by atoms with Gasteiger partial charge in [-0.15, -0.1) is 0 Å². The number of nitrogens with zero attached hydrogens (tertiary/aromatic N) is 2. The zero-order valence-corrected chi connectivity index (χ0v) is 16.1. The van der Waals surface area contributed by atoms with Gasteiger partial charge in [-0.05, 0) is 37.1 Å². The highest BCUT2D eigenvalue weighted by molar-refractivity contribution is 7.22. The Morgan fingerprint density at radius 1 is 1.07 bits per heavy atom. The maximum absolute atomic E-state index is 10.9. The molecule has 1 aliphatic heterocycles. The fourth-order valence-electron chi connectivity index (χ4n) is 3.37. The second-order valence-electron chi connectivity index (χ2n) is 7.07. The molecule has 1 fully saturated rings. The summed E-state index contributed by atoms with van der Waals surface area (Å²) < 4.78 is 6.94. The lowest BCUT2D eigenvalue weighted by molar-refractivity contribution is -0.0123. The van der Waals surface area contributed by atoms with E-state index < -0.39 is 5.60 Å². The van der Waals surface area contributed by atoms with Crippen molar-refractivity contribution in [3.8, 4) is 5.75 Å². The Labute approximate surface area is 163 Å². The SMILES string of the molecule is OC1(CNc2nc3ccccc3s2)CCN(CCOc2ccccc2)CC1. The van der Waals surface area contributed by atoms with E-state index in [2.05, 4.69) is 21.3 Å². The van der Waals surface area contributed by atoms with Crippen LogP contribution in [0, 0.1) is 0 Å². The van der Waals surface area contributed by atoms with Crippen molar-refractivity contribution in [3.63, 3.8) is 0 Å². The summed E-state index contributed by atoms with van der Waals surface area (Å²) in [5, 5.41) is 15.1. The highest BCUT2D eigenvalue weighted by atomic mass is 32.1. The normalized spacial score (nSPS) is 17.1. The molecule has 0 amide bonds. The number of thiazole rings is 1. The molecular weight excluding hydrogens is 358 g/mol. The number of benzene rings is 2. The monoisotopic (exact) mass is 383 g/mol. The predicted octanol–water partition coefficient (Wildman–Crippen LogP) is 3.61. The number of piperidine rings is 1. The molecule has 0 aliphatic carbocycles. The molecule has 0 unspecified atom stereocenters. The van der Waals surface area contributed by atoms with E-state index in [0.717, 1.165) is 48.9 Å². The third kappa shape index (κ3) is 4.77. The lowest BCUT2D eigenvalue weighted by atomic mass is 9.91. The van der Waals surface area contributed by atoms with E-state index in [1.54, 1.807) is 11.3 Å². The summed E-state index contributed by atoms with van der Waals surface area (Å²) in [6, 6.07) is 18.0.